The molecule has 16 heavy (non-hydrogen) atoms. The molecule has 0 radical (unpaired) electrons. The molecule has 0 atom stereocenters. The minimum atomic E-state index is 0.785. The van der Waals surface area contributed by atoms with E-state index in [0.29, 0.717) is 0 Å². The van der Waals surface area contributed by atoms with Crippen LogP contribution in [0.3, 0.4) is 0 Å². The van der Waals surface area contributed by atoms with Crippen LogP contribution in [0.25, 0.3) is 0 Å². The summed E-state index contributed by atoms with van der Waals surface area (Å²) >= 11 is 9.25. The summed E-state index contributed by atoms with van der Waals surface area (Å²) in [5.41, 5.74) is 2.54. The third kappa shape index (κ3) is 3.32. The molecule has 0 aliphatic carbocycles. The largest absolute Gasteiger partial charge is 0.263 e. The maximum absolute atomic E-state index is 5.83. The van der Waals surface area contributed by atoms with Gasteiger partial charge in [-0.3, -0.25) is 4.98 Å². The average Bonchev–Trinajstić information content (AvgIpc) is 2.28. The van der Waals surface area contributed by atoms with Gasteiger partial charge in [-0.25, -0.2) is 0 Å². The fraction of sp³-hybridized carbons (Fsp3) is 0.154. The van der Waals surface area contributed by atoms with Crippen molar-refractivity contribution < 1.29 is 0 Å². The van der Waals surface area contributed by atoms with Crippen LogP contribution in [0.15, 0.2) is 47.2 Å². The van der Waals surface area contributed by atoms with Crippen LogP contribution in [0, 0.1) is 0 Å². The Hall–Kier alpha value is -0.860. The predicted octanol–water partition coefficient (Wildman–Crippen LogP) is 4.28. The van der Waals surface area contributed by atoms with E-state index in [2.05, 4.69) is 39.1 Å². The van der Waals surface area contributed by atoms with Gasteiger partial charge >= 0.3 is 0 Å². The monoisotopic (exact) mass is 295 g/mol. The van der Waals surface area contributed by atoms with E-state index < -0.39 is 0 Å². The molecule has 82 valence electrons. The van der Waals surface area contributed by atoms with Crippen LogP contribution in [0.2, 0.25) is 5.02 Å². The van der Waals surface area contributed by atoms with Crippen molar-refractivity contribution in [1.29, 1.82) is 0 Å². The number of aromatic nitrogens is 1. The third-order valence-electron chi connectivity index (χ3n) is 2.38. The van der Waals surface area contributed by atoms with E-state index in [4.69, 9.17) is 11.6 Å². The molecular weight excluding hydrogens is 286 g/mol. The second-order valence-corrected chi connectivity index (χ2v) is 4.99. The van der Waals surface area contributed by atoms with Gasteiger partial charge in [0.25, 0.3) is 0 Å². The zero-order valence-electron chi connectivity index (χ0n) is 8.66. The SMILES string of the molecule is Clc1ccc(CCc2cncc(Br)c2)cc1. The zero-order chi connectivity index (χ0) is 11.4. The zero-order valence-corrected chi connectivity index (χ0v) is 11.0. The van der Waals surface area contributed by atoms with Crippen LogP contribution in [0.4, 0.5) is 0 Å². The summed E-state index contributed by atoms with van der Waals surface area (Å²) < 4.78 is 1.03. The number of halogens is 2. The fourth-order valence-electron chi connectivity index (χ4n) is 1.53. The van der Waals surface area contributed by atoms with Gasteiger partial charge < -0.3 is 0 Å². The van der Waals surface area contributed by atoms with Gasteiger partial charge in [0.2, 0.25) is 0 Å². The van der Waals surface area contributed by atoms with Gasteiger partial charge in [0.1, 0.15) is 0 Å². The number of hydrogen-bond donors (Lipinski definition) is 0. The Morgan fingerprint density at radius 3 is 2.38 bits per heavy atom. The Morgan fingerprint density at radius 1 is 1.00 bits per heavy atom. The molecular formula is C13H11BrClN. The van der Waals surface area contributed by atoms with Crippen LogP contribution in [0.1, 0.15) is 11.1 Å². The summed E-state index contributed by atoms with van der Waals surface area (Å²) in [7, 11) is 0. The smallest absolute Gasteiger partial charge is 0.0410 e. The van der Waals surface area contributed by atoms with E-state index >= 15 is 0 Å². The highest BCUT2D eigenvalue weighted by Crippen LogP contribution is 2.14. The van der Waals surface area contributed by atoms with Gasteiger partial charge in [-0.1, -0.05) is 23.7 Å². The summed E-state index contributed by atoms with van der Waals surface area (Å²) in [4.78, 5) is 4.14. The topological polar surface area (TPSA) is 12.9 Å². The normalized spacial score (nSPS) is 10.4. The molecule has 0 bridgehead atoms. The van der Waals surface area contributed by atoms with E-state index in [9.17, 15) is 0 Å². The van der Waals surface area contributed by atoms with Gasteiger partial charge in [-0.05, 0) is 58.1 Å². The molecule has 1 aromatic carbocycles. The minimum Gasteiger partial charge on any atom is -0.263 e. The quantitative estimate of drug-likeness (QED) is 0.823. The van der Waals surface area contributed by atoms with Gasteiger partial charge in [-0.2, -0.15) is 0 Å². The second kappa shape index (κ2) is 5.46. The van der Waals surface area contributed by atoms with E-state index in [-0.39, 0.29) is 0 Å². The molecule has 2 rings (SSSR count). The molecule has 0 saturated heterocycles. The Kier molecular flexibility index (Phi) is 3.97. The highest BCUT2D eigenvalue weighted by atomic mass is 79.9. The molecule has 1 nitrogen and oxygen atoms in total. The molecule has 0 saturated carbocycles. The Labute approximate surface area is 109 Å². The van der Waals surface area contributed by atoms with Crippen molar-refractivity contribution in [1.82, 2.24) is 4.98 Å². The lowest BCUT2D eigenvalue weighted by Gasteiger charge is -2.02. The lowest BCUT2D eigenvalue weighted by atomic mass is 10.1. The summed E-state index contributed by atoms with van der Waals surface area (Å²) in [6.45, 7) is 0. The molecule has 1 heterocycles. The van der Waals surface area contributed by atoms with E-state index in [1.54, 1.807) is 6.20 Å². The number of pyridine rings is 1. The van der Waals surface area contributed by atoms with Crippen LogP contribution in [-0.2, 0) is 12.8 Å². The first-order chi connectivity index (χ1) is 7.74. The van der Waals surface area contributed by atoms with Crippen molar-refractivity contribution in [2.24, 2.45) is 0 Å². The molecule has 2 aromatic rings. The van der Waals surface area contributed by atoms with Crippen molar-refractivity contribution in [2.45, 2.75) is 12.8 Å². The summed E-state index contributed by atoms with van der Waals surface area (Å²) in [6.07, 6.45) is 5.70. The highest BCUT2D eigenvalue weighted by Gasteiger charge is 1.97. The lowest BCUT2D eigenvalue weighted by molar-refractivity contribution is 0.948. The highest BCUT2D eigenvalue weighted by molar-refractivity contribution is 9.10. The standard InChI is InChI=1S/C13H11BrClN/c14-12-7-11(8-16-9-12)2-1-10-3-5-13(15)6-4-10/h3-9H,1-2H2. The molecule has 0 spiro atoms. The second-order valence-electron chi connectivity index (χ2n) is 3.64. The first-order valence-corrected chi connectivity index (χ1v) is 6.25. The van der Waals surface area contributed by atoms with Gasteiger partial charge in [-0.15, -0.1) is 0 Å². The first kappa shape index (κ1) is 11.6. The number of hydrogen-bond acceptors (Lipinski definition) is 1. The van der Waals surface area contributed by atoms with Gasteiger partial charge in [0.05, 0.1) is 0 Å². The van der Waals surface area contributed by atoms with Crippen molar-refractivity contribution in [3.8, 4) is 0 Å². The maximum atomic E-state index is 5.83. The van der Waals surface area contributed by atoms with Crippen LogP contribution >= 0.6 is 27.5 Å². The van der Waals surface area contributed by atoms with E-state index in [0.717, 1.165) is 22.3 Å². The molecule has 1 aromatic heterocycles. The molecule has 0 fully saturated rings. The molecule has 0 aliphatic rings. The number of aryl methyl sites for hydroxylation is 2. The van der Waals surface area contributed by atoms with Gasteiger partial charge in [0, 0.05) is 21.9 Å². The van der Waals surface area contributed by atoms with E-state index in [1.807, 2.05) is 18.3 Å². The predicted molar refractivity (Wildman–Crippen MR) is 70.8 cm³/mol. The molecule has 0 amide bonds. The summed E-state index contributed by atoms with van der Waals surface area (Å²) in [5.74, 6) is 0. The van der Waals surface area contributed by atoms with Gasteiger partial charge in [0.15, 0.2) is 0 Å². The van der Waals surface area contributed by atoms with Crippen LogP contribution < -0.4 is 0 Å². The minimum absolute atomic E-state index is 0.785. The van der Waals surface area contributed by atoms with Crippen LogP contribution in [-0.4, -0.2) is 4.98 Å². The number of benzene rings is 1. The average molecular weight is 297 g/mol. The van der Waals surface area contributed by atoms with Crippen molar-refractivity contribution in [3.63, 3.8) is 0 Å². The van der Waals surface area contributed by atoms with Crippen LogP contribution in [0.5, 0.6) is 0 Å². The molecule has 0 unspecified atom stereocenters. The molecule has 0 aliphatic heterocycles. The number of nitrogens with zero attached hydrogens (tertiary/aromatic N) is 1. The van der Waals surface area contributed by atoms with Crippen molar-refractivity contribution in [2.75, 3.05) is 0 Å². The maximum Gasteiger partial charge on any atom is 0.0410 e. The summed E-state index contributed by atoms with van der Waals surface area (Å²) in [5, 5.41) is 0.785. The first-order valence-electron chi connectivity index (χ1n) is 5.08. The van der Waals surface area contributed by atoms with Crippen molar-refractivity contribution in [3.05, 3.63) is 63.3 Å². The summed E-state index contributed by atoms with van der Waals surface area (Å²) in [6, 6.07) is 10.1. The fourth-order valence-corrected chi connectivity index (χ4v) is 2.07. The third-order valence-corrected chi connectivity index (χ3v) is 3.06. The van der Waals surface area contributed by atoms with E-state index in [1.165, 1.54) is 11.1 Å². The lowest BCUT2D eigenvalue weighted by Crippen LogP contribution is -1.91. The Balaban J connectivity index is 1.99. The number of rotatable bonds is 3. The molecule has 0 N–H and O–H groups in total. The van der Waals surface area contributed by atoms with Crippen molar-refractivity contribution >= 4 is 27.5 Å². The Morgan fingerprint density at radius 2 is 1.69 bits per heavy atom. The Bertz CT molecular complexity index is 468. The molecule has 3 heteroatoms.